The minimum absolute atomic E-state index is 0.0658. The molecule has 0 bridgehead atoms. The molecule has 3 N–H and O–H groups in total. The lowest BCUT2D eigenvalue weighted by Gasteiger charge is -2.21. The van der Waals surface area contributed by atoms with Crippen molar-refractivity contribution in [2.45, 2.75) is 316 Å². The van der Waals surface area contributed by atoms with Gasteiger partial charge in [0.05, 0.1) is 26.4 Å². The highest BCUT2D eigenvalue weighted by atomic mass is 31.2. The fraction of sp³-hybridized carbons (Fsp3) is 0.679. The third kappa shape index (κ3) is 71.6. The van der Waals surface area contributed by atoms with Crippen LogP contribution in [-0.2, 0) is 65.4 Å². The molecule has 19 heteroatoms. The standard InChI is InChI=1S/C81H136O17P2/c1-5-9-13-17-21-25-29-33-36-37-40-43-46-50-54-58-62-66-79(84)92-72-77(98-81(86)68-64-60-56-52-48-44-39-35-31-27-23-19-15-11-7-3)74-96-100(89,90)94-70-75(82)69-93-99(87,88)95-73-76(97-80(85)67-63-59-55-51-47-41-32-28-24-20-16-12-8-4)71-91-78(83)65-61-57-53-49-45-42-38-34-30-26-22-18-14-10-6-2/h9-10,13-14,16,20-22,25-26,28,32-36,38-40,43,45,49,75-77,82H,5-8,11-12,15,17-19,23-24,27,29-31,37,41-42,44,46-48,50-74H2,1-4H3,(H,87,88)(H,89,90)/b13-9-,14-10-,20-16-,25-21-,26-22-,32-28-,36-33-,38-34-,39-35-,43-40-,49-45-. The number of hydrogen-bond donors (Lipinski definition) is 3. The van der Waals surface area contributed by atoms with Crippen LogP contribution in [0.4, 0.5) is 0 Å². The van der Waals surface area contributed by atoms with Gasteiger partial charge in [0, 0.05) is 25.7 Å². The molecule has 0 spiro atoms. The monoisotopic (exact) mass is 1440 g/mol. The molecule has 0 fully saturated rings. The Morgan fingerprint density at radius 1 is 0.290 bits per heavy atom. The second kappa shape index (κ2) is 72.5. The van der Waals surface area contributed by atoms with Gasteiger partial charge in [0.2, 0.25) is 0 Å². The molecule has 5 unspecified atom stereocenters. The molecule has 100 heavy (non-hydrogen) atoms. The van der Waals surface area contributed by atoms with E-state index in [2.05, 4.69) is 161 Å². The van der Waals surface area contributed by atoms with Gasteiger partial charge in [-0.15, -0.1) is 0 Å². The van der Waals surface area contributed by atoms with Crippen molar-refractivity contribution in [2.75, 3.05) is 39.6 Å². The molecule has 572 valence electrons. The first-order valence-electron chi connectivity index (χ1n) is 38.4. The topological polar surface area (TPSA) is 237 Å². The Morgan fingerprint density at radius 3 is 0.870 bits per heavy atom. The highest BCUT2D eigenvalue weighted by molar-refractivity contribution is 7.47. The summed E-state index contributed by atoms with van der Waals surface area (Å²) in [7, 11) is -9.98. The number of ether oxygens (including phenoxy) is 4. The quantitative estimate of drug-likeness (QED) is 0.0169. The number of phosphoric acid groups is 2. The zero-order valence-electron chi connectivity index (χ0n) is 62.3. The third-order valence-electron chi connectivity index (χ3n) is 15.6. The van der Waals surface area contributed by atoms with Crippen LogP contribution in [0, 0.1) is 0 Å². The van der Waals surface area contributed by atoms with Gasteiger partial charge < -0.3 is 33.8 Å². The van der Waals surface area contributed by atoms with E-state index < -0.39 is 97.5 Å². The minimum atomic E-state index is -4.99. The van der Waals surface area contributed by atoms with Gasteiger partial charge in [0.1, 0.15) is 19.3 Å². The zero-order valence-corrected chi connectivity index (χ0v) is 64.1. The van der Waals surface area contributed by atoms with Crippen LogP contribution >= 0.6 is 15.6 Å². The predicted molar refractivity (Wildman–Crippen MR) is 408 cm³/mol. The van der Waals surface area contributed by atoms with E-state index in [9.17, 15) is 43.2 Å². The average Bonchev–Trinajstić information content (AvgIpc) is 1.06. The second-order valence-electron chi connectivity index (χ2n) is 25.2. The van der Waals surface area contributed by atoms with E-state index in [1.54, 1.807) is 0 Å². The Hall–Kier alpha value is -4.80. The Balaban J connectivity index is 5.42. The average molecular weight is 1440 g/mol. The smallest absolute Gasteiger partial charge is 0.462 e. The van der Waals surface area contributed by atoms with Crippen LogP contribution in [-0.4, -0.2) is 96.7 Å². The van der Waals surface area contributed by atoms with Crippen molar-refractivity contribution in [1.29, 1.82) is 0 Å². The summed E-state index contributed by atoms with van der Waals surface area (Å²) in [6.45, 7) is 4.47. The molecule has 0 aliphatic heterocycles. The summed E-state index contributed by atoms with van der Waals surface area (Å²) in [5, 5.41) is 10.6. The molecule has 17 nitrogen and oxygen atoms in total. The van der Waals surface area contributed by atoms with Crippen LogP contribution < -0.4 is 0 Å². The van der Waals surface area contributed by atoms with Crippen molar-refractivity contribution in [3.05, 3.63) is 134 Å². The van der Waals surface area contributed by atoms with E-state index in [4.69, 9.17) is 37.0 Å². The Bertz CT molecular complexity index is 2420. The maximum absolute atomic E-state index is 13.1. The molecular formula is C81H136O17P2. The molecule has 0 aromatic carbocycles. The Kier molecular flexibility index (Phi) is 69.1. The predicted octanol–water partition coefficient (Wildman–Crippen LogP) is 22.1. The highest BCUT2D eigenvalue weighted by Crippen LogP contribution is 2.45. The lowest BCUT2D eigenvalue weighted by Crippen LogP contribution is -2.30. The number of hydrogen-bond acceptors (Lipinski definition) is 15. The van der Waals surface area contributed by atoms with Gasteiger partial charge in [-0.1, -0.05) is 251 Å². The summed E-state index contributed by atoms with van der Waals surface area (Å²) in [5.41, 5.74) is 0. The Labute approximate surface area is 605 Å². The lowest BCUT2D eigenvalue weighted by atomic mass is 10.1. The number of aliphatic hydroxyl groups excluding tert-OH is 1. The fourth-order valence-electron chi connectivity index (χ4n) is 9.76. The first-order valence-corrected chi connectivity index (χ1v) is 41.4. The van der Waals surface area contributed by atoms with E-state index in [1.807, 2.05) is 0 Å². The van der Waals surface area contributed by atoms with Gasteiger partial charge in [0.25, 0.3) is 0 Å². The maximum atomic E-state index is 13.1. The SMILES string of the molecule is CC/C=C\C/C=C\C/C=C\C/C=C\CCCCCCC(=O)OCC(COP(=O)(O)OCC(O)COP(=O)(O)OCC(COC(=O)CCCC/C=C\C/C=C\C/C=C\C/C=C\CC)OC(=O)CCCCCCC/C=C\C/C=C\CCC)OC(=O)CCCCCCC/C=C\CCCCCCCC. The number of allylic oxidation sites excluding steroid dienone is 22. The number of rotatable bonds is 71. The molecule has 0 heterocycles. The molecule has 0 aliphatic carbocycles. The largest absolute Gasteiger partial charge is 0.472 e. The van der Waals surface area contributed by atoms with Gasteiger partial charge in [0.15, 0.2) is 12.2 Å². The molecule has 0 radical (unpaired) electrons. The fourth-order valence-corrected chi connectivity index (χ4v) is 11.3. The molecule has 0 aromatic heterocycles. The highest BCUT2D eigenvalue weighted by Gasteiger charge is 2.30. The van der Waals surface area contributed by atoms with E-state index in [0.717, 1.165) is 180 Å². The van der Waals surface area contributed by atoms with Crippen molar-refractivity contribution in [2.24, 2.45) is 0 Å². The molecule has 0 rings (SSSR count). The molecule has 5 atom stereocenters. The maximum Gasteiger partial charge on any atom is 0.472 e. The van der Waals surface area contributed by atoms with E-state index in [0.29, 0.717) is 25.7 Å². The summed E-state index contributed by atoms with van der Waals surface area (Å²) in [6, 6.07) is 0. The van der Waals surface area contributed by atoms with Crippen LogP contribution in [0.2, 0.25) is 0 Å². The normalized spacial score (nSPS) is 14.7. The molecular weight excluding hydrogens is 1310 g/mol. The number of esters is 4. The summed E-state index contributed by atoms with van der Waals surface area (Å²) >= 11 is 0. The van der Waals surface area contributed by atoms with Crippen LogP contribution in [0.5, 0.6) is 0 Å². The van der Waals surface area contributed by atoms with E-state index >= 15 is 0 Å². The van der Waals surface area contributed by atoms with Crippen molar-refractivity contribution >= 4 is 39.5 Å². The van der Waals surface area contributed by atoms with Crippen molar-refractivity contribution in [3.63, 3.8) is 0 Å². The Morgan fingerprint density at radius 2 is 0.540 bits per heavy atom. The van der Waals surface area contributed by atoms with Crippen molar-refractivity contribution in [1.82, 2.24) is 0 Å². The zero-order chi connectivity index (χ0) is 73.2. The molecule has 0 saturated carbocycles. The number of unbranched alkanes of at least 4 members (excludes halogenated alkanes) is 23. The molecule has 0 aliphatic rings. The van der Waals surface area contributed by atoms with Crippen molar-refractivity contribution < 1.29 is 80.2 Å². The number of phosphoric ester groups is 2. The number of carbonyl (C=O) groups excluding carboxylic acids is 4. The van der Waals surface area contributed by atoms with Gasteiger partial charge >= 0.3 is 39.5 Å². The van der Waals surface area contributed by atoms with Gasteiger partial charge in [-0.3, -0.25) is 37.3 Å². The van der Waals surface area contributed by atoms with Crippen molar-refractivity contribution in [3.8, 4) is 0 Å². The van der Waals surface area contributed by atoms with Crippen LogP contribution in [0.1, 0.15) is 297 Å². The van der Waals surface area contributed by atoms with Gasteiger partial charge in [-0.2, -0.15) is 0 Å². The van der Waals surface area contributed by atoms with Gasteiger partial charge in [-0.25, -0.2) is 9.13 Å². The third-order valence-corrected chi connectivity index (χ3v) is 17.5. The second-order valence-corrected chi connectivity index (χ2v) is 28.1. The van der Waals surface area contributed by atoms with Gasteiger partial charge in [-0.05, 0) is 154 Å². The molecule has 0 aromatic rings. The summed E-state index contributed by atoms with van der Waals surface area (Å²) in [6.07, 6.45) is 80.1. The van der Waals surface area contributed by atoms with Crippen LogP contribution in [0.15, 0.2) is 134 Å². The van der Waals surface area contributed by atoms with E-state index in [-0.39, 0.29) is 25.7 Å². The minimum Gasteiger partial charge on any atom is -0.462 e. The molecule has 0 amide bonds. The van der Waals surface area contributed by atoms with Crippen LogP contribution in [0.25, 0.3) is 0 Å². The van der Waals surface area contributed by atoms with E-state index in [1.165, 1.54) is 38.5 Å². The molecule has 0 saturated heterocycles. The summed E-state index contributed by atoms with van der Waals surface area (Å²) in [4.78, 5) is 72.9. The first kappa shape index (κ1) is 95.2. The number of carbonyl (C=O) groups is 4. The summed E-state index contributed by atoms with van der Waals surface area (Å²) < 4.78 is 68.4. The lowest BCUT2D eigenvalue weighted by molar-refractivity contribution is -0.161. The number of aliphatic hydroxyl groups is 1. The summed E-state index contributed by atoms with van der Waals surface area (Å²) in [5.74, 6) is -2.28. The first-order chi connectivity index (χ1) is 48.7. The van der Waals surface area contributed by atoms with Crippen LogP contribution in [0.3, 0.4) is 0 Å².